The van der Waals surface area contributed by atoms with Crippen molar-refractivity contribution in [3.63, 3.8) is 0 Å². The second kappa shape index (κ2) is 11.0. The van der Waals surface area contributed by atoms with Crippen LogP contribution in [0.3, 0.4) is 0 Å². The van der Waals surface area contributed by atoms with E-state index in [0.717, 1.165) is 28.7 Å². The van der Waals surface area contributed by atoms with Crippen molar-refractivity contribution in [3.8, 4) is 5.75 Å². The minimum absolute atomic E-state index is 0.00938. The van der Waals surface area contributed by atoms with Gasteiger partial charge in [0, 0.05) is 28.5 Å². The van der Waals surface area contributed by atoms with Crippen molar-refractivity contribution in [1.29, 1.82) is 0 Å². The second-order valence-corrected chi connectivity index (χ2v) is 11.1. The fourth-order valence-electron chi connectivity index (χ4n) is 7.04. The highest BCUT2D eigenvalue weighted by atomic mass is 16.5. The van der Waals surface area contributed by atoms with E-state index in [-0.39, 0.29) is 29.3 Å². The third-order valence-corrected chi connectivity index (χ3v) is 8.88. The molecule has 0 saturated carbocycles. The number of carbonyl (C=O) groups excluding carboxylic acids is 2. The Morgan fingerprint density at radius 3 is 2.33 bits per heavy atom. The summed E-state index contributed by atoms with van der Waals surface area (Å²) in [5.41, 5.74) is 6.15. The number of phenols is 1. The summed E-state index contributed by atoms with van der Waals surface area (Å²) < 4.78 is 6.18. The van der Waals surface area contributed by atoms with Crippen LogP contribution in [0.2, 0.25) is 6.32 Å². The van der Waals surface area contributed by atoms with Gasteiger partial charge in [0.05, 0.1) is 6.10 Å². The van der Waals surface area contributed by atoms with E-state index >= 15 is 0 Å². The first-order valence-corrected chi connectivity index (χ1v) is 14.2. The Labute approximate surface area is 235 Å². The van der Waals surface area contributed by atoms with E-state index in [4.69, 9.17) is 4.65 Å². The fourth-order valence-corrected chi connectivity index (χ4v) is 7.04. The number of allylic oxidation sites excluding steroid dienone is 2. The van der Waals surface area contributed by atoms with Gasteiger partial charge in [-0.3, -0.25) is 9.59 Å². The third kappa shape index (κ3) is 4.76. The van der Waals surface area contributed by atoms with Crippen molar-refractivity contribution in [3.05, 3.63) is 112 Å². The SMILES string of the molecule is CCC1=C2[C@@H](CC/C(=C/c3ccccc3O)c3ccccc3)OB(O)C[C@@H]2[C@@H]2C(=O)c3ccccc3C(=O)[C@@H]2C1. The Kier molecular flexibility index (Phi) is 7.30. The summed E-state index contributed by atoms with van der Waals surface area (Å²) in [7, 11) is -1.00. The maximum Gasteiger partial charge on any atom is 0.455 e. The lowest BCUT2D eigenvalue weighted by Gasteiger charge is -2.47. The number of carbonyl (C=O) groups is 2. The molecular formula is C34H33BO5. The average molecular weight is 532 g/mol. The minimum Gasteiger partial charge on any atom is -0.507 e. The monoisotopic (exact) mass is 532 g/mol. The summed E-state index contributed by atoms with van der Waals surface area (Å²) in [5, 5.41) is 21.3. The van der Waals surface area contributed by atoms with Crippen molar-refractivity contribution in [2.45, 2.75) is 45.0 Å². The predicted molar refractivity (Wildman–Crippen MR) is 157 cm³/mol. The number of ketones is 2. The maximum atomic E-state index is 13.8. The molecule has 0 unspecified atom stereocenters. The first-order chi connectivity index (χ1) is 19.5. The van der Waals surface area contributed by atoms with Crippen LogP contribution in [-0.2, 0) is 4.65 Å². The van der Waals surface area contributed by atoms with Crippen LogP contribution in [0.1, 0.15) is 64.4 Å². The van der Waals surface area contributed by atoms with Crippen molar-refractivity contribution < 1.29 is 24.4 Å². The lowest BCUT2D eigenvalue weighted by atomic mass is 9.54. The lowest BCUT2D eigenvalue weighted by molar-refractivity contribution is 0.0600. The van der Waals surface area contributed by atoms with Gasteiger partial charge in [0.25, 0.3) is 0 Å². The highest BCUT2D eigenvalue weighted by Crippen LogP contribution is 2.51. The van der Waals surface area contributed by atoms with Crippen molar-refractivity contribution in [2.24, 2.45) is 17.8 Å². The molecule has 202 valence electrons. The number of Topliss-reactive ketones (excluding diaryl/α,β-unsaturated/α-hetero) is 2. The number of benzene rings is 3. The molecule has 4 atom stereocenters. The van der Waals surface area contributed by atoms with Crippen molar-refractivity contribution in [1.82, 2.24) is 0 Å². The molecule has 0 spiro atoms. The Morgan fingerprint density at radius 2 is 1.60 bits per heavy atom. The molecule has 1 fully saturated rings. The van der Waals surface area contributed by atoms with Crippen LogP contribution in [0, 0.1) is 17.8 Å². The lowest BCUT2D eigenvalue weighted by Crippen LogP contribution is -2.50. The zero-order valence-corrected chi connectivity index (χ0v) is 22.6. The molecule has 5 nitrogen and oxygen atoms in total. The zero-order chi connectivity index (χ0) is 27.8. The van der Waals surface area contributed by atoms with E-state index in [1.165, 1.54) is 5.57 Å². The highest BCUT2D eigenvalue weighted by Gasteiger charge is 2.53. The third-order valence-electron chi connectivity index (χ3n) is 8.88. The fraction of sp³-hybridized carbons (Fsp3) is 0.294. The molecule has 3 aliphatic rings. The molecule has 1 saturated heterocycles. The number of aromatic hydroxyl groups is 1. The molecule has 3 aromatic rings. The van der Waals surface area contributed by atoms with Gasteiger partial charge in [-0.15, -0.1) is 0 Å². The maximum absolute atomic E-state index is 13.8. The summed E-state index contributed by atoms with van der Waals surface area (Å²) in [4.78, 5) is 27.4. The van der Waals surface area contributed by atoms with Crippen LogP contribution < -0.4 is 0 Å². The molecule has 0 radical (unpaired) electrons. The molecule has 2 N–H and O–H groups in total. The number of para-hydroxylation sites is 1. The standard InChI is InChI=1S/C34H33BO5/c1-2-21-19-27-32(34(38)26-14-8-7-13-25(26)33(27)37)28-20-35(39)40-30(31(21)28)17-16-23(22-10-4-3-5-11-22)18-24-12-6-9-15-29(24)36/h3-15,18,27-28,30,32,36,39H,2,16-17,19-20H2,1H3/b23-18-/t27-,28+,30-,32-/m1/s1. The first-order valence-electron chi connectivity index (χ1n) is 14.2. The molecule has 2 aliphatic carbocycles. The summed E-state index contributed by atoms with van der Waals surface area (Å²) in [6.45, 7) is 2.10. The van der Waals surface area contributed by atoms with Gasteiger partial charge in [0.2, 0.25) is 0 Å². The largest absolute Gasteiger partial charge is 0.507 e. The van der Waals surface area contributed by atoms with Gasteiger partial charge in [0.1, 0.15) is 5.75 Å². The molecule has 40 heavy (non-hydrogen) atoms. The van der Waals surface area contributed by atoms with Crippen LogP contribution in [-0.4, -0.2) is 34.9 Å². The molecule has 1 heterocycles. The Morgan fingerprint density at radius 1 is 0.925 bits per heavy atom. The topological polar surface area (TPSA) is 83.8 Å². The summed E-state index contributed by atoms with van der Waals surface area (Å²) >= 11 is 0. The molecule has 0 amide bonds. The molecule has 3 aromatic carbocycles. The van der Waals surface area contributed by atoms with Crippen LogP contribution >= 0.6 is 0 Å². The quantitative estimate of drug-likeness (QED) is 0.212. The summed E-state index contributed by atoms with van der Waals surface area (Å²) in [5.74, 6) is -0.822. The van der Waals surface area contributed by atoms with Crippen molar-refractivity contribution in [2.75, 3.05) is 0 Å². The van der Waals surface area contributed by atoms with Crippen LogP contribution in [0.4, 0.5) is 0 Å². The van der Waals surface area contributed by atoms with E-state index in [9.17, 15) is 19.7 Å². The van der Waals surface area contributed by atoms with Gasteiger partial charge < -0.3 is 14.8 Å². The van der Waals surface area contributed by atoms with Crippen LogP contribution in [0.25, 0.3) is 11.6 Å². The smallest absolute Gasteiger partial charge is 0.455 e. The van der Waals surface area contributed by atoms with E-state index in [2.05, 4.69) is 19.1 Å². The van der Waals surface area contributed by atoms with Gasteiger partial charge in [-0.1, -0.05) is 85.3 Å². The zero-order valence-electron chi connectivity index (χ0n) is 22.6. The Balaban J connectivity index is 1.35. The van der Waals surface area contributed by atoms with E-state index in [1.54, 1.807) is 24.3 Å². The molecule has 0 bridgehead atoms. The highest BCUT2D eigenvalue weighted by molar-refractivity contribution is 6.43. The van der Waals surface area contributed by atoms with E-state index in [0.29, 0.717) is 36.7 Å². The predicted octanol–water partition coefficient (Wildman–Crippen LogP) is 6.63. The van der Waals surface area contributed by atoms with E-state index < -0.39 is 19.0 Å². The number of rotatable bonds is 6. The van der Waals surface area contributed by atoms with Crippen LogP contribution in [0.5, 0.6) is 5.75 Å². The van der Waals surface area contributed by atoms with Gasteiger partial charge in [-0.25, -0.2) is 0 Å². The Hall–Kier alpha value is -3.74. The molecule has 0 aromatic heterocycles. The normalized spacial score (nSPS) is 24.4. The van der Waals surface area contributed by atoms with Crippen LogP contribution in [0.15, 0.2) is 90.0 Å². The molecule has 1 aliphatic heterocycles. The van der Waals surface area contributed by atoms with Gasteiger partial charge in [-0.2, -0.15) is 0 Å². The number of hydrogen-bond donors (Lipinski definition) is 2. The number of hydrogen-bond acceptors (Lipinski definition) is 5. The number of phenolic OH excluding ortho intramolecular Hbond substituents is 1. The summed E-state index contributed by atoms with van der Waals surface area (Å²) in [6.07, 6.45) is 4.55. The second-order valence-electron chi connectivity index (χ2n) is 11.1. The van der Waals surface area contributed by atoms with Crippen molar-refractivity contribution >= 4 is 30.3 Å². The van der Waals surface area contributed by atoms with E-state index in [1.807, 2.05) is 48.5 Å². The summed E-state index contributed by atoms with van der Waals surface area (Å²) in [6, 6.07) is 24.5. The number of fused-ring (bicyclic) bond motifs is 4. The van der Waals surface area contributed by atoms with Gasteiger partial charge in [0.15, 0.2) is 11.6 Å². The molecule has 6 rings (SSSR count). The molecule has 6 heteroatoms. The first kappa shape index (κ1) is 26.5. The molecular weight excluding hydrogens is 499 g/mol. The average Bonchev–Trinajstić information content (AvgIpc) is 2.98. The van der Waals surface area contributed by atoms with Gasteiger partial charge in [-0.05, 0) is 66.8 Å². The minimum atomic E-state index is -1.00. The van der Waals surface area contributed by atoms with Gasteiger partial charge >= 0.3 is 7.12 Å². The Bertz CT molecular complexity index is 1510.